The van der Waals surface area contributed by atoms with Crippen molar-refractivity contribution in [2.45, 2.75) is 6.92 Å². The summed E-state index contributed by atoms with van der Waals surface area (Å²) in [6.07, 6.45) is 0. The zero-order chi connectivity index (χ0) is 10.2. The number of nitro groups is 1. The van der Waals surface area contributed by atoms with Crippen molar-refractivity contribution in [1.29, 1.82) is 0 Å². The lowest BCUT2D eigenvalue weighted by molar-refractivity contribution is -0.383. The van der Waals surface area contributed by atoms with Crippen LogP contribution in [0, 0.1) is 17.0 Å². The van der Waals surface area contributed by atoms with E-state index in [1.807, 2.05) is 0 Å². The van der Waals surface area contributed by atoms with Gasteiger partial charge in [0.15, 0.2) is 0 Å². The molecule has 0 unspecified atom stereocenters. The fourth-order valence-corrected chi connectivity index (χ4v) is 1.32. The summed E-state index contributed by atoms with van der Waals surface area (Å²) in [7, 11) is 0. The Bertz CT molecular complexity index is 379. The van der Waals surface area contributed by atoms with Crippen molar-refractivity contribution in [3.05, 3.63) is 31.8 Å². The van der Waals surface area contributed by atoms with Crippen molar-refractivity contribution in [2.75, 3.05) is 5.73 Å². The molecule has 1 rings (SSSR count). The molecule has 0 aliphatic rings. The van der Waals surface area contributed by atoms with E-state index in [0.717, 1.165) is 0 Å². The Morgan fingerprint density at radius 3 is 2.54 bits per heavy atom. The van der Waals surface area contributed by atoms with Crippen LogP contribution in [0.25, 0.3) is 0 Å². The van der Waals surface area contributed by atoms with Gasteiger partial charge < -0.3 is 5.73 Å². The highest BCUT2D eigenvalue weighted by atomic mass is 35.5. The Morgan fingerprint density at radius 2 is 2.08 bits per heavy atom. The van der Waals surface area contributed by atoms with Gasteiger partial charge in [0.05, 0.1) is 15.0 Å². The second kappa shape index (κ2) is 3.40. The van der Waals surface area contributed by atoms with E-state index in [1.165, 1.54) is 6.07 Å². The number of nitrogen functional groups attached to an aromatic ring is 1. The number of nitrogens with zero attached hydrogens (tertiary/aromatic N) is 1. The first-order valence-electron chi connectivity index (χ1n) is 3.33. The van der Waals surface area contributed by atoms with Crippen molar-refractivity contribution >= 4 is 34.6 Å². The fraction of sp³-hybridized carbons (Fsp3) is 0.143. The Labute approximate surface area is 84.4 Å². The average molecular weight is 221 g/mol. The van der Waals surface area contributed by atoms with E-state index in [1.54, 1.807) is 6.92 Å². The SMILES string of the molecule is Cc1c(Cl)cc([N+](=O)[O-])c(N)c1Cl. The topological polar surface area (TPSA) is 69.2 Å². The molecule has 2 N–H and O–H groups in total. The Balaban J connectivity index is 3.50. The lowest BCUT2D eigenvalue weighted by Gasteiger charge is -2.04. The molecule has 0 atom stereocenters. The first-order valence-corrected chi connectivity index (χ1v) is 4.09. The van der Waals surface area contributed by atoms with Gasteiger partial charge in [-0.25, -0.2) is 0 Å². The Hall–Kier alpha value is -1.00. The molecule has 4 nitrogen and oxygen atoms in total. The molecule has 0 aliphatic carbocycles. The molecule has 0 spiro atoms. The lowest BCUT2D eigenvalue weighted by atomic mass is 10.2. The Kier molecular flexibility index (Phi) is 2.63. The minimum absolute atomic E-state index is 0.0476. The van der Waals surface area contributed by atoms with Gasteiger partial charge in [-0.15, -0.1) is 0 Å². The second-order valence-corrected chi connectivity index (χ2v) is 3.27. The highest BCUT2D eigenvalue weighted by Gasteiger charge is 2.18. The summed E-state index contributed by atoms with van der Waals surface area (Å²) in [6, 6.07) is 1.19. The summed E-state index contributed by atoms with van der Waals surface area (Å²) in [5, 5.41) is 10.8. The van der Waals surface area contributed by atoms with Gasteiger partial charge in [0.1, 0.15) is 5.69 Å². The number of rotatable bonds is 1. The first-order chi connectivity index (χ1) is 5.95. The average Bonchev–Trinajstić information content (AvgIpc) is 2.07. The maximum Gasteiger partial charge on any atom is 0.295 e. The molecular formula is C7H6Cl2N2O2. The van der Waals surface area contributed by atoms with Crippen LogP contribution in [-0.4, -0.2) is 4.92 Å². The molecule has 0 fully saturated rings. The molecule has 1 aromatic rings. The highest BCUT2D eigenvalue weighted by Crippen LogP contribution is 2.36. The van der Waals surface area contributed by atoms with Crippen LogP contribution in [0.5, 0.6) is 0 Å². The van der Waals surface area contributed by atoms with Gasteiger partial charge in [0, 0.05) is 6.07 Å². The number of hydrogen-bond donors (Lipinski definition) is 1. The van der Waals surface area contributed by atoms with Crippen LogP contribution in [-0.2, 0) is 0 Å². The highest BCUT2D eigenvalue weighted by molar-refractivity contribution is 6.38. The van der Waals surface area contributed by atoms with E-state index in [0.29, 0.717) is 5.56 Å². The third-order valence-corrected chi connectivity index (χ3v) is 2.54. The maximum atomic E-state index is 10.4. The van der Waals surface area contributed by atoms with Gasteiger partial charge >= 0.3 is 0 Å². The van der Waals surface area contributed by atoms with E-state index in [2.05, 4.69) is 0 Å². The number of halogens is 2. The van der Waals surface area contributed by atoms with Gasteiger partial charge in [-0.2, -0.15) is 0 Å². The predicted octanol–water partition coefficient (Wildman–Crippen LogP) is 2.79. The summed E-state index contributed by atoms with van der Waals surface area (Å²) >= 11 is 11.4. The normalized spacial score (nSPS) is 10.1. The van der Waals surface area contributed by atoms with E-state index in [4.69, 9.17) is 28.9 Å². The molecule has 0 saturated heterocycles. The van der Waals surface area contributed by atoms with Crippen LogP contribution < -0.4 is 5.73 Å². The molecule has 6 heteroatoms. The predicted molar refractivity (Wildman–Crippen MR) is 52.3 cm³/mol. The van der Waals surface area contributed by atoms with Gasteiger partial charge in [-0.05, 0) is 12.5 Å². The fourth-order valence-electron chi connectivity index (χ4n) is 0.876. The lowest BCUT2D eigenvalue weighted by Crippen LogP contribution is -1.98. The molecule has 70 valence electrons. The minimum Gasteiger partial charge on any atom is -0.392 e. The molecule has 0 aliphatic heterocycles. The summed E-state index contributed by atoms with van der Waals surface area (Å²) in [5.41, 5.74) is 5.66. The largest absolute Gasteiger partial charge is 0.392 e. The summed E-state index contributed by atoms with van der Waals surface area (Å²) < 4.78 is 0. The van der Waals surface area contributed by atoms with Gasteiger partial charge in [0.25, 0.3) is 5.69 Å². The smallest absolute Gasteiger partial charge is 0.295 e. The third kappa shape index (κ3) is 1.68. The van der Waals surface area contributed by atoms with Crippen molar-refractivity contribution in [3.8, 4) is 0 Å². The molecule has 0 saturated carbocycles. The van der Waals surface area contributed by atoms with E-state index < -0.39 is 4.92 Å². The van der Waals surface area contributed by atoms with Crippen LogP contribution in [0.2, 0.25) is 10.0 Å². The first kappa shape index (κ1) is 10.1. The van der Waals surface area contributed by atoms with E-state index >= 15 is 0 Å². The zero-order valence-corrected chi connectivity index (χ0v) is 8.19. The summed E-state index contributed by atoms with van der Waals surface area (Å²) in [4.78, 5) is 9.83. The third-order valence-electron chi connectivity index (χ3n) is 1.66. The molecule has 0 radical (unpaired) electrons. The van der Waals surface area contributed by atoms with Crippen LogP contribution in [0.3, 0.4) is 0 Å². The minimum atomic E-state index is -0.619. The molecule has 1 aromatic carbocycles. The molecule has 13 heavy (non-hydrogen) atoms. The van der Waals surface area contributed by atoms with Crippen LogP contribution in [0.15, 0.2) is 6.07 Å². The van der Waals surface area contributed by atoms with Crippen LogP contribution in [0.1, 0.15) is 5.56 Å². The van der Waals surface area contributed by atoms with Gasteiger partial charge in [0.2, 0.25) is 0 Å². The summed E-state index contributed by atoms with van der Waals surface area (Å²) in [6.45, 7) is 1.64. The monoisotopic (exact) mass is 220 g/mol. The number of benzene rings is 1. The number of nitro benzene ring substituents is 1. The zero-order valence-electron chi connectivity index (χ0n) is 6.67. The number of anilines is 1. The molecule has 0 heterocycles. The number of nitrogens with two attached hydrogens (primary N) is 1. The molecular weight excluding hydrogens is 215 g/mol. The summed E-state index contributed by atoms with van der Waals surface area (Å²) in [5.74, 6) is 0. The van der Waals surface area contributed by atoms with Crippen molar-refractivity contribution in [3.63, 3.8) is 0 Å². The molecule has 0 bridgehead atoms. The van der Waals surface area contributed by atoms with Crippen molar-refractivity contribution in [2.24, 2.45) is 0 Å². The van der Waals surface area contributed by atoms with Crippen LogP contribution in [0.4, 0.5) is 11.4 Å². The second-order valence-electron chi connectivity index (χ2n) is 2.49. The van der Waals surface area contributed by atoms with Gasteiger partial charge in [-0.3, -0.25) is 10.1 Å². The Morgan fingerprint density at radius 1 is 1.54 bits per heavy atom. The maximum absolute atomic E-state index is 10.4. The van der Waals surface area contributed by atoms with E-state index in [-0.39, 0.29) is 21.4 Å². The van der Waals surface area contributed by atoms with E-state index in [9.17, 15) is 10.1 Å². The number of hydrogen-bond acceptors (Lipinski definition) is 3. The van der Waals surface area contributed by atoms with Gasteiger partial charge in [-0.1, -0.05) is 23.2 Å². The van der Waals surface area contributed by atoms with Crippen molar-refractivity contribution < 1.29 is 4.92 Å². The van der Waals surface area contributed by atoms with Crippen molar-refractivity contribution in [1.82, 2.24) is 0 Å². The molecule has 0 aromatic heterocycles. The molecule has 0 amide bonds. The standard InChI is InChI=1S/C7H6Cl2N2O2/c1-3-4(8)2-5(11(12)13)7(10)6(3)9/h2H,10H2,1H3. The van der Waals surface area contributed by atoms with Crippen LogP contribution >= 0.6 is 23.2 Å². The quantitative estimate of drug-likeness (QED) is 0.450.